The molecule has 0 aliphatic carbocycles. The first-order chi connectivity index (χ1) is 9.88. The van der Waals surface area contributed by atoms with Gasteiger partial charge in [0.2, 0.25) is 0 Å². The first kappa shape index (κ1) is 14.2. The lowest BCUT2D eigenvalue weighted by Gasteiger charge is -2.05. The third kappa shape index (κ3) is 4.79. The second-order valence-corrected chi connectivity index (χ2v) is 4.35. The summed E-state index contributed by atoms with van der Waals surface area (Å²) in [6.07, 6.45) is 0. The van der Waals surface area contributed by atoms with Crippen molar-refractivity contribution >= 4 is 0 Å². The van der Waals surface area contributed by atoms with E-state index in [1.807, 2.05) is 49.4 Å². The summed E-state index contributed by atoms with van der Waals surface area (Å²) < 4.78 is 5.48. The van der Waals surface area contributed by atoms with E-state index in [9.17, 15) is 0 Å². The minimum atomic E-state index is 0.674. The van der Waals surface area contributed by atoms with Gasteiger partial charge in [0.15, 0.2) is 0 Å². The van der Waals surface area contributed by atoms with Gasteiger partial charge in [0.25, 0.3) is 0 Å². The maximum atomic E-state index is 5.48. The summed E-state index contributed by atoms with van der Waals surface area (Å²) in [5.41, 5.74) is 2.25. The van der Waals surface area contributed by atoms with Crippen molar-refractivity contribution in [2.75, 3.05) is 13.2 Å². The minimum absolute atomic E-state index is 0.674. The summed E-state index contributed by atoms with van der Waals surface area (Å²) in [5, 5.41) is 3.31. The van der Waals surface area contributed by atoms with Crippen LogP contribution in [0, 0.1) is 11.8 Å². The molecule has 0 atom stereocenters. The highest BCUT2D eigenvalue weighted by molar-refractivity contribution is 5.34. The highest BCUT2D eigenvalue weighted by Gasteiger charge is 1.95. The van der Waals surface area contributed by atoms with Crippen LogP contribution in [0.25, 0.3) is 0 Å². The maximum Gasteiger partial charge on any atom is 0.119 e. The summed E-state index contributed by atoms with van der Waals surface area (Å²) in [5.74, 6) is 7.16. The number of rotatable bonds is 5. The van der Waals surface area contributed by atoms with Gasteiger partial charge in [-0.15, -0.1) is 0 Å². The van der Waals surface area contributed by atoms with Gasteiger partial charge in [0.1, 0.15) is 5.75 Å². The van der Waals surface area contributed by atoms with Crippen LogP contribution in [0.4, 0.5) is 0 Å². The van der Waals surface area contributed by atoms with E-state index < -0.39 is 0 Å². The predicted octanol–water partition coefficient (Wildman–Crippen LogP) is 3.23. The van der Waals surface area contributed by atoms with Crippen LogP contribution in [0.5, 0.6) is 5.75 Å². The van der Waals surface area contributed by atoms with Gasteiger partial charge in [-0.3, -0.25) is 0 Å². The van der Waals surface area contributed by atoms with Gasteiger partial charge in [-0.2, -0.15) is 0 Å². The Morgan fingerprint density at radius 3 is 2.70 bits per heavy atom. The molecule has 2 aromatic rings. The quantitative estimate of drug-likeness (QED) is 0.662. The van der Waals surface area contributed by atoms with Crippen LogP contribution < -0.4 is 10.1 Å². The molecule has 0 unspecified atom stereocenters. The van der Waals surface area contributed by atoms with Gasteiger partial charge in [-0.05, 0) is 36.8 Å². The molecule has 0 fully saturated rings. The van der Waals surface area contributed by atoms with Gasteiger partial charge in [0, 0.05) is 12.1 Å². The van der Waals surface area contributed by atoms with Crippen LogP contribution >= 0.6 is 0 Å². The lowest BCUT2D eigenvalue weighted by molar-refractivity contribution is 0.340. The van der Waals surface area contributed by atoms with E-state index in [1.54, 1.807) is 0 Å². The number of hydrogen-bond acceptors (Lipinski definition) is 2. The van der Waals surface area contributed by atoms with Crippen molar-refractivity contribution in [2.45, 2.75) is 13.5 Å². The van der Waals surface area contributed by atoms with Crippen LogP contribution in [0.3, 0.4) is 0 Å². The molecule has 2 rings (SSSR count). The van der Waals surface area contributed by atoms with Gasteiger partial charge in [-0.25, -0.2) is 0 Å². The number of hydrogen-bond donors (Lipinski definition) is 1. The number of nitrogens with one attached hydrogen (secondary N) is 1. The molecule has 0 radical (unpaired) electrons. The lowest BCUT2D eigenvalue weighted by atomic mass is 10.2. The average Bonchev–Trinajstić information content (AvgIpc) is 2.49. The van der Waals surface area contributed by atoms with Crippen LogP contribution in [0.15, 0.2) is 54.6 Å². The largest absolute Gasteiger partial charge is 0.494 e. The summed E-state index contributed by atoms with van der Waals surface area (Å²) in [4.78, 5) is 0. The van der Waals surface area contributed by atoms with E-state index in [4.69, 9.17) is 4.74 Å². The fourth-order valence-corrected chi connectivity index (χ4v) is 1.85. The highest BCUT2D eigenvalue weighted by atomic mass is 16.5. The van der Waals surface area contributed by atoms with Gasteiger partial charge < -0.3 is 10.1 Å². The standard InChI is InChI=1S/C18H19NO/c1-2-20-18-12-6-10-17(14-18)15-19-13-7-11-16-8-4-3-5-9-16/h3-6,8-10,12,14,19H,2,13,15H2,1H3. The molecule has 0 heterocycles. The van der Waals surface area contributed by atoms with Crippen molar-refractivity contribution in [3.05, 3.63) is 65.7 Å². The monoisotopic (exact) mass is 265 g/mol. The Morgan fingerprint density at radius 2 is 1.90 bits per heavy atom. The molecule has 0 aliphatic rings. The SMILES string of the molecule is CCOc1cccc(CNCC#Cc2ccccc2)c1. The molecule has 20 heavy (non-hydrogen) atoms. The first-order valence-corrected chi connectivity index (χ1v) is 6.85. The van der Waals surface area contributed by atoms with Crippen molar-refractivity contribution in [1.29, 1.82) is 0 Å². The average molecular weight is 265 g/mol. The van der Waals surface area contributed by atoms with Crippen LogP contribution in [0.2, 0.25) is 0 Å². The van der Waals surface area contributed by atoms with E-state index in [2.05, 4.69) is 29.3 Å². The predicted molar refractivity (Wildman–Crippen MR) is 82.6 cm³/mol. The summed E-state index contributed by atoms with van der Waals surface area (Å²) in [6.45, 7) is 4.15. The molecule has 1 N–H and O–H groups in total. The normalized spacial score (nSPS) is 9.65. The molecule has 0 spiro atoms. The number of ether oxygens (including phenoxy) is 1. The minimum Gasteiger partial charge on any atom is -0.494 e. The molecule has 0 saturated carbocycles. The highest BCUT2D eigenvalue weighted by Crippen LogP contribution is 2.12. The summed E-state index contributed by atoms with van der Waals surface area (Å²) >= 11 is 0. The van der Waals surface area contributed by atoms with Crippen molar-refractivity contribution in [3.63, 3.8) is 0 Å². The zero-order valence-electron chi connectivity index (χ0n) is 11.7. The summed E-state index contributed by atoms with van der Waals surface area (Å²) in [6, 6.07) is 18.1. The molecule has 0 saturated heterocycles. The van der Waals surface area contributed by atoms with Gasteiger partial charge >= 0.3 is 0 Å². The Morgan fingerprint density at radius 1 is 1.05 bits per heavy atom. The van der Waals surface area contributed by atoms with Crippen LogP contribution in [-0.2, 0) is 6.54 Å². The van der Waals surface area contributed by atoms with Crippen LogP contribution in [0.1, 0.15) is 18.1 Å². The molecular formula is C18H19NO. The van der Waals surface area contributed by atoms with Crippen molar-refractivity contribution < 1.29 is 4.74 Å². The Bertz CT molecular complexity index is 581. The van der Waals surface area contributed by atoms with Crippen molar-refractivity contribution in [3.8, 4) is 17.6 Å². The molecule has 2 nitrogen and oxygen atoms in total. The Labute approximate surface area is 120 Å². The van der Waals surface area contributed by atoms with E-state index in [1.165, 1.54) is 5.56 Å². The molecule has 0 amide bonds. The van der Waals surface area contributed by atoms with Crippen LogP contribution in [-0.4, -0.2) is 13.2 Å². The third-order valence-electron chi connectivity index (χ3n) is 2.76. The molecule has 2 aromatic carbocycles. The number of benzene rings is 2. The third-order valence-corrected chi connectivity index (χ3v) is 2.76. The second-order valence-electron chi connectivity index (χ2n) is 4.35. The topological polar surface area (TPSA) is 21.3 Å². The van der Waals surface area contributed by atoms with Crippen molar-refractivity contribution in [1.82, 2.24) is 5.32 Å². The molecule has 102 valence electrons. The molecule has 0 bridgehead atoms. The zero-order valence-corrected chi connectivity index (χ0v) is 11.7. The zero-order chi connectivity index (χ0) is 14.0. The lowest BCUT2D eigenvalue weighted by Crippen LogP contribution is -2.13. The van der Waals surface area contributed by atoms with Crippen molar-refractivity contribution in [2.24, 2.45) is 0 Å². The molecular weight excluding hydrogens is 246 g/mol. The fourth-order valence-electron chi connectivity index (χ4n) is 1.85. The maximum absolute atomic E-state index is 5.48. The molecule has 0 aliphatic heterocycles. The van der Waals surface area contributed by atoms with Gasteiger partial charge in [0.05, 0.1) is 13.2 Å². The van der Waals surface area contributed by atoms with E-state index in [-0.39, 0.29) is 0 Å². The van der Waals surface area contributed by atoms with E-state index >= 15 is 0 Å². The fraction of sp³-hybridized carbons (Fsp3) is 0.222. The Kier molecular flexibility index (Phi) is 5.70. The summed E-state index contributed by atoms with van der Waals surface area (Å²) in [7, 11) is 0. The van der Waals surface area contributed by atoms with E-state index in [0.717, 1.165) is 17.9 Å². The smallest absolute Gasteiger partial charge is 0.119 e. The Balaban J connectivity index is 1.79. The van der Waals surface area contributed by atoms with E-state index in [0.29, 0.717) is 13.2 Å². The Hall–Kier alpha value is -2.24. The van der Waals surface area contributed by atoms with Gasteiger partial charge in [-0.1, -0.05) is 42.2 Å². The molecule has 0 aromatic heterocycles. The second kappa shape index (κ2) is 8.04. The first-order valence-electron chi connectivity index (χ1n) is 6.85. The molecule has 2 heteroatoms.